The fourth-order valence-corrected chi connectivity index (χ4v) is 1.72. The quantitative estimate of drug-likeness (QED) is 0.656. The molecule has 2 amide bonds. The molecule has 1 aromatic heterocycles. The van der Waals surface area contributed by atoms with Crippen LogP contribution in [0.1, 0.15) is 24.4 Å². The van der Waals surface area contributed by atoms with Gasteiger partial charge < -0.3 is 16.4 Å². The van der Waals surface area contributed by atoms with Crippen molar-refractivity contribution < 1.29 is 4.79 Å². The summed E-state index contributed by atoms with van der Waals surface area (Å²) in [6.07, 6.45) is 2.04. The SMILES string of the molecule is CC(N)c1cccc(NC(=O)NCCc2ncn[nH]2)c1. The Kier molecular flexibility index (Phi) is 4.67. The zero-order valence-electron chi connectivity index (χ0n) is 11.3. The van der Waals surface area contributed by atoms with E-state index >= 15 is 0 Å². The van der Waals surface area contributed by atoms with Crippen molar-refractivity contribution in [3.8, 4) is 0 Å². The van der Waals surface area contributed by atoms with Gasteiger partial charge in [0.05, 0.1) is 0 Å². The Morgan fingerprint density at radius 1 is 1.50 bits per heavy atom. The molecule has 0 radical (unpaired) electrons. The van der Waals surface area contributed by atoms with Crippen LogP contribution in [0.4, 0.5) is 10.5 Å². The van der Waals surface area contributed by atoms with E-state index in [1.54, 1.807) is 0 Å². The number of carbonyl (C=O) groups is 1. The van der Waals surface area contributed by atoms with Crippen LogP contribution in [0.5, 0.6) is 0 Å². The van der Waals surface area contributed by atoms with Crippen molar-refractivity contribution in [3.63, 3.8) is 0 Å². The highest BCUT2D eigenvalue weighted by molar-refractivity contribution is 5.89. The molecule has 1 unspecified atom stereocenters. The number of amides is 2. The second-order valence-corrected chi connectivity index (χ2v) is 4.48. The summed E-state index contributed by atoms with van der Waals surface area (Å²) in [5.41, 5.74) is 7.50. The molecule has 106 valence electrons. The first-order valence-electron chi connectivity index (χ1n) is 6.40. The van der Waals surface area contributed by atoms with Gasteiger partial charge in [0, 0.05) is 24.7 Å². The third-order valence-corrected chi connectivity index (χ3v) is 2.78. The monoisotopic (exact) mass is 274 g/mol. The van der Waals surface area contributed by atoms with Gasteiger partial charge in [-0.2, -0.15) is 5.10 Å². The minimum atomic E-state index is -0.258. The predicted molar refractivity (Wildman–Crippen MR) is 76.2 cm³/mol. The van der Waals surface area contributed by atoms with E-state index in [0.29, 0.717) is 13.0 Å². The number of benzene rings is 1. The molecule has 0 aliphatic heterocycles. The smallest absolute Gasteiger partial charge is 0.319 e. The van der Waals surface area contributed by atoms with Gasteiger partial charge in [0.25, 0.3) is 0 Å². The molecule has 7 heteroatoms. The Morgan fingerprint density at radius 2 is 2.35 bits per heavy atom. The summed E-state index contributed by atoms with van der Waals surface area (Å²) >= 11 is 0. The maximum Gasteiger partial charge on any atom is 0.319 e. The molecule has 0 saturated heterocycles. The summed E-state index contributed by atoms with van der Waals surface area (Å²) in [6, 6.07) is 7.15. The summed E-state index contributed by atoms with van der Waals surface area (Å²) in [5.74, 6) is 0.740. The van der Waals surface area contributed by atoms with Crippen molar-refractivity contribution in [2.45, 2.75) is 19.4 Å². The minimum Gasteiger partial charge on any atom is -0.337 e. The Hall–Kier alpha value is -2.41. The van der Waals surface area contributed by atoms with Crippen molar-refractivity contribution in [1.82, 2.24) is 20.5 Å². The molecule has 2 rings (SSSR count). The summed E-state index contributed by atoms with van der Waals surface area (Å²) in [7, 11) is 0. The molecule has 0 saturated carbocycles. The Labute approximate surface area is 117 Å². The average molecular weight is 274 g/mol. The lowest BCUT2D eigenvalue weighted by atomic mass is 10.1. The Balaban J connectivity index is 1.80. The molecule has 1 aromatic carbocycles. The first kappa shape index (κ1) is 14.0. The molecule has 0 spiro atoms. The van der Waals surface area contributed by atoms with Crippen molar-refractivity contribution in [1.29, 1.82) is 0 Å². The third-order valence-electron chi connectivity index (χ3n) is 2.78. The van der Waals surface area contributed by atoms with Crippen LogP contribution in [0.2, 0.25) is 0 Å². The highest BCUT2D eigenvalue weighted by Crippen LogP contribution is 2.15. The highest BCUT2D eigenvalue weighted by Gasteiger charge is 2.04. The van der Waals surface area contributed by atoms with E-state index in [2.05, 4.69) is 25.8 Å². The molecule has 1 heterocycles. The van der Waals surface area contributed by atoms with E-state index in [9.17, 15) is 4.79 Å². The fourth-order valence-electron chi connectivity index (χ4n) is 1.72. The fraction of sp³-hybridized carbons (Fsp3) is 0.308. The van der Waals surface area contributed by atoms with Crippen LogP contribution in [-0.4, -0.2) is 27.8 Å². The number of carbonyl (C=O) groups excluding carboxylic acids is 1. The van der Waals surface area contributed by atoms with E-state index in [1.807, 2.05) is 31.2 Å². The van der Waals surface area contributed by atoms with E-state index < -0.39 is 0 Å². The van der Waals surface area contributed by atoms with Crippen LogP contribution < -0.4 is 16.4 Å². The molecular weight excluding hydrogens is 256 g/mol. The molecule has 20 heavy (non-hydrogen) atoms. The topological polar surface area (TPSA) is 109 Å². The standard InChI is InChI=1S/C13H18N6O/c1-9(14)10-3-2-4-11(7-10)18-13(20)15-6-5-12-16-8-17-19-12/h2-4,7-9H,5-6,14H2,1H3,(H2,15,18,20)(H,16,17,19). The number of nitrogens with zero attached hydrogens (tertiary/aromatic N) is 2. The van der Waals surface area contributed by atoms with Crippen LogP contribution in [-0.2, 0) is 6.42 Å². The zero-order chi connectivity index (χ0) is 14.4. The summed E-state index contributed by atoms with van der Waals surface area (Å²) in [6.45, 7) is 2.38. The first-order chi connectivity index (χ1) is 9.65. The van der Waals surface area contributed by atoms with Gasteiger partial charge in [0.1, 0.15) is 12.2 Å². The second-order valence-electron chi connectivity index (χ2n) is 4.48. The van der Waals surface area contributed by atoms with Crippen molar-refractivity contribution in [2.24, 2.45) is 5.73 Å². The predicted octanol–water partition coefficient (Wildman–Crippen LogP) is 1.19. The van der Waals surface area contributed by atoms with Crippen molar-refractivity contribution in [2.75, 3.05) is 11.9 Å². The van der Waals surface area contributed by atoms with Gasteiger partial charge in [-0.05, 0) is 24.6 Å². The molecule has 0 fully saturated rings. The number of urea groups is 1. The lowest BCUT2D eigenvalue weighted by Crippen LogP contribution is -2.30. The maximum absolute atomic E-state index is 11.7. The van der Waals surface area contributed by atoms with E-state index in [0.717, 1.165) is 17.1 Å². The maximum atomic E-state index is 11.7. The molecule has 0 bridgehead atoms. The van der Waals surface area contributed by atoms with Crippen LogP contribution in [0.25, 0.3) is 0 Å². The van der Waals surface area contributed by atoms with Gasteiger partial charge in [-0.25, -0.2) is 9.78 Å². The highest BCUT2D eigenvalue weighted by atomic mass is 16.2. The van der Waals surface area contributed by atoms with Crippen molar-refractivity contribution >= 4 is 11.7 Å². The molecule has 0 aliphatic carbocycles. The first-order valence-corrected chi connectivity index (χ1v) is 6.40. The van der Waals surface area contributed by atoms with Crippen molar-refractivity contribution in [3.05, 3.63) is 42.0 Å². The summed E-state index contributed by atoms with van der Waals surface area (Å²) in [5, 5.41) is 12.0. The number of nitrogens with one attached hydrogen (secondary N) is 3. The van der Waals surface area contributed by atoms with Gasteiger partial charge in [0.15, 0.2) is 0 Å². The van der Waals surface area contributed by atoms with Crippen LogP contribution in [0.15, 0.2) is 30.6 Å². The molecular formula is C13H18N6O. The number of aromatic nitrogens is 3. The summed E-state index contributed by atoms with van der Waals surface area (Å²) in [4.78, 5) is 15.7. The minimum absolute atomic E-state index is 0.0636. The molecule has 2 aromatic rings. The molecule has 1 atom stereocenters. The average Bonchev–Trinajstić information content (AvgIpc) is 2.92. The second kappa shape index (κ2) is 6.67. The van der Waals surface area contributed by atoms with Gasteiger partial charge in [0.2, 0.25) is 0 Å². The lowest BCUT2D eigenvalue weighted by molar-refractivity contribution is 0.252. The molecule has 5 N–H and O–H groups in total. The van der Waals surface area contributed by atoms with Gasteiger partial charge >= 0.3 is 6.03 Å². The Bertz CT molecular complexity index is 552. The molecule has 7 nitrogen and oxygen atoms in total. The van der Waals surface area contributed by atoms with Gasteiger partial charge in [-0.3, -0.25) is 5.10 Å². The van der Waals surface area contributed by atoms with Gasteiger partial charge in [-0.15, -0.1) is 0 Å². The largest absolute Gasteiger partial charge is 0.337 e. The summed E-state index contributed by atoms with van der Waals surface area (Å²) < 4.78 is 0. The third kappa shape index (κ3) is 4.06. The van der Waals surface area contributed by atoms with Crippen LogP contribution in [0, 0.1) is 0 Å². The van der Waals surface area contributed by atoms with E-state index in [-0.39, 0.29) is 12.1 Å². The van der Waals surface area contributed by atoms with Crippen LogP contribution >= 0.6 is 0 Å². The number of hydrogen-bond donors (Lipinski definition) is 4. The Morgan fingerprint density at radius 3 is 3.05 bits per heavy atom. The number of rotatable bonds is 5. The van der Waals surface area contributed by atoms with Gasteiger partial charge in [-0.1, -0.05) is 12.1 Å². The molecule has 0 aliphatic rings. The lowest BCUT2D eigenvalue weighted by Gasteiger charge is -2.10. The van der Waals surface area contributed by atoms with E-state index in [1.165, 1.54) is 6.33 Å². The number of anilines is 1. The zero-order valence-corrected chi connectivity index (χ0v) is 11.3. The normalized spacial score (nSPS) is 11.9. The number of nitrogens with two attached hydrogens (primary N) is 1. The number of hydrogen-bond acceptors (Lipinski definition) is 4. The number of aromatic amines is 1. The number of H-pyrrole nitrogens is 1. The van der Waals surface area contributed by atoms with E-state index in [4.69, 9.17) is 5.73 Å². The van der Waals surface area contributed by atoms with Crippen LogP contribution in [0.3, 0.4) is 0 Å².